The van der Waals surface area contributed by atoms with Gasteiger partial charge in [-0.25, -0.2) is 9.59 Å². The maximum atomic E-state index is 11.5. The number of hydrogen-bond donors (Lipinski definition) is 4. The molecule has 0 spiro atoms. The molecule has 0 aromatic carbocycles. The van der Waals surface area contributed by atoms with Gasteiger partial charge in [-0.2, -0.15) is 0 Å². The zero-order valence-electron chi connectivity index (χ0n) is 10.7. The predicted octanol–water partition coefficient (Wildman–Crippen LogP) is -0.929. The van der Waals surface area contributed by atoms with Crippen LogP contribution in [0, 0.1) is 5.92 Å². The van der Waals surface area contributed by atoms with Crippen LogP contribution in [0.25, 0.3) is 0 Å². The highest BCUT2D eigenvalue weighted by molar-refractivity contribution is 5.76. The number of carboxylic acids is 1. The standard InChI is InChI=1S/C11H21N3O4/c1-7-6-14(2)4-3-8(7)13-11(18)12-5-9(15)10(16)17/h7-9,15H,3-6H2,1-2H3,(H,16,17)(H2,12,13,18)/t7?,8?,9-/m0/s1. The van der Waals surface area contributed by atoms with E-state index in [9.17, 15) is 9.59 Å². The van der Waals surface area contributed by atoms with Gasteiger partial charge in [-0.1, -0.05) is 6.92 Å². The Hall–Kier alpha value is -1.34. The van der Waals surface area contributed by atoms with Crippen LogP contribution < -0.4 is 10.6 Å². The number of rotatable bonds is 4. The summed E-state index contributed by atoms with van der Waals surface area (Å²) in [5.41, 5.74) is 0. The summed E-state index contributed by atoms with van der Waals surface area (Å²) in [5.74, 6) is -0.998. The number of carboxylic acid groups (broad SMARTS) is 1. The molecule has 0 aromatic rings. The summed E-state index contributed by atoms with van der Waals surface area (Å²) in [6.07, 6.45) is -0.697. The molecule has 1 saturated heterocycles. The van der Waals surface area contributed by atoms with E-state index < -0.39 is 18.1 Å². The van der Waals surface area contributed by atoms with E-state index in [1.807, 2.05) is 7.05 Å². The Labute approximate surface area is 106 Å². The van der Waals surface area contributed by atoms with E-state index in [4.69, 9.17) is 10.2 Å². The molecule has 3 atom stereocenters. The second-order valence-electron chi connectivity index (χ2n) is 4.84. The molecule has 0 aliphatic carbocycles. The molecule has 1 aliphatic heterocycles. The van der Waals surface area contributed by atoms with Crippen molar-refractivity contribution >= 4 is 12.0 Å². The monoisotopic (exact) mass is 259 g/mol. The van der Waals surface area contributed by atoms with Crippen molar-refractivity contribution in [3.8, 4) is 0 Å². The maximum absolute atomic E-state index is 11.5. The summed E-state index contributed by atoms with van der Waals surface area (Å²) in [5, 5.41) is 22.6. The molecular formula is C11H21N3O4. The largest absolute Gasteiger partial charge is 0.479 e. The van der Waals surface area contributed by atoms with Crippen LogP contribution in [0.5, 0.6) is 0 Å². The second-order valence-corrected chi connectivity index (χ2v) is 4.84. The molecule has 7 heteroatoms. The fourth-order valence-corrected chi connectivity index (χ4v) is 2.06. The van der Waals surface area contributed by atoms with Crippen LogP contribution in [-0.2, 0) is 4.79 Å². The Morgan fingerprint density at radius 2 is 2.17 bits per heavy atom. The molecule has 2 unspecified atom stereocenters. The van der Waals surface area contributed by atoms with Crippen molar-refractivity contribution in [2.45, 2.75) is 25.5 Å². The molecule has 0 bridgehead atoms. The molecular weight excluding hydrogens is 238 g/mol. The normalized spacial score (nSPS) is 26.4. The maximum Gasteiger partial charge on any atom is 0.334 e. The first kappa shape index (κ1) is 14.7. The zero-order chi connectivity index (χ0) is 13.7. The quantitative estimate of drug-likeness (QED) is 0.522. The van der Waals surface area contributed by atoms with Gasteiger partial charge >= 0.3 is 12.0 Å². The topological polar surface area (TPSA) is 102 Å². The number of nitrogens with zero attached hydrogens (tertiary/aromatic N) is 1. The van der Waals surface area contributed by atoms with E-state index in [1.165, 1.54) is 0 Å². The zero-order valence-corrected chi connectivity index (χ0v) is 10.7. The van der Waals surface area contributed by atoms with Crippen molar-refractivity contribution in [2.75, 3.05) is 26.7 Å². The van der Waals surface area contributed by atoms with Gasteiger partial charge in [0.25, 0.3) is 0 Å². The number of carbonyl (C=O) groups excluding carboxylic acids is 1. The SMILES string of the molecule is CC1CN(C)CCC1NC(=O)NC[C@H](O)C(=O)O. The molecule has 1 rings (SSSR count). The Morgan fingerprint density at radius 1 is 1.50 bits per heavy atom. The fraction of sp³-hybridized carbons (Fsp3) is 0.818. The number of urea groups is 1. The molecule has 7 nitrogen and oxygen atoms in total. The number of likely N-dealkylation sites (tertiary alicyclic amines) is 1. The minimum atomic E-state index is -1.56. The summed E-state index contributed by atoms with van der Waals surface area (Å²) in [4.78, 5) is 24.1. The van der Waals surface area contributed by atoms with E-state index in [2.05, 4.69) is 22.5 Å². The van der Waals surface area contributed by atoms with E-state index >= 15 is 0 Å². The number of hydrogen-bond acceptors (Lipinski definition) is 4. The van der Waals surface area contributed by atoms with E-state index in [0.717, 1.165) is 19.5 Å². The van der Waals surface area contributed by atoms with Crippen LogP contribution in [0.3, 0.4) is 0 Å². The lowest BCUT2D eigenvalue weighted by molar-refractivity contribution is -0.146. The Bertz CT molecular complexity index is 311. The first-order valence-electron chi connectivity index (χ1n) is 6.04. The van der Waals surface area contributed by atoms with Crippen LogP contribution in [0.1, 0.15) is 13.3 Å². The summed E-state index contributed by atoms with van der Waals surface area (Å²) in [7, 11) is 2.04. The minimum absolute atomic E-state index is 0.0863. The van der Waals surface area contributed by atoms with Crippen molar-refractivity contribution in [2.24, 2.45) is 5.92 Å². The lowest BCUT2D eigenvalue weighted by Crippen LogP contribution is -2.52. The van der Waals surface area contributed by atoms with Crippen molar-refractivity contribution in [3.63, 3.8) is 0 Å². The van der Waals surface area contributed by atoms with Crippen molar-refractivity contribution in [1.29, 1.82) is 0 Å². The summed E-state index contributed by atoms with van der Waals surface area (Å²) < 4.78 is 0. The third-order valence-corrected chi connectivity index (χ3v) is 3.17. The van der Waals surface area contributed by atoms with E-state index in [-0.39, 0.29) is 12.6 Å². The number of nitrogens with one attached hydrogen (secondary N) is 2. The fourth-order valence-electron chi connectivity index (χ4n) is 2.06. The first-order valence-corrected chi connectivity index (χ1v) is 6.04. The van der Waals surface area contributed by atoms with Crippen LogP contribution in [-0.4, -0.2) is 65.9 Å². The Kier molecular flexibility index (Phi) is 5.36. The third kappa shape index (κ3) is 4.50. The number of piperidine rings is 1. The Morgan fingerprint density at radius 3 is 2.72 bits per heavy atom. The average molecular weight is 259 g/mol. The average Bonchev–Trinajstić information content (AvgIpc) is 2.29. The lowest BCUT2D eigenvalue weighted by atomic mass is 9.94. The first-order chi connectivity index (χ1) is 8.40. The number of aliphatic carboxylic acids is 1. The van der Waals surface area contributed by atoms with Crippen molar-refractivity contribution < 1.29 is 19.8 Å². The van der Waals surface area contributed by atoms with Crippen LogP contribution >= 0.6 is 0 Å². The van der Waals surface area contributed by atoms with Gasteiger partial charge in [0.05, 0.1) is 6.54 Å². The molecule has 4 N–H and O–H groups in total. The second kappa shape index (κ2) is 6.55. The highest BCUT2D eigenvalue weighted by atomic mass is 16.4. The highest BCUT2D eigenvalue weighted by Crippen LogP contribution is 2.14. The Balaban J connectivity index is 2.29. The molecule has 2 amide bonds. The molecule has 18 heavy (non-hydrogen) atoms. The van der Waals surface area contributed by atoms with Gasteiger partial charge in [0.2, 0.25) is 0 Å². The summed E-state index contributed by atoms with van der Waals surface area (Å²) in [6, 6.07) is -0.347. The molecule has 1 aliphatic rings. The smallest absolute Gasteiger partial charge is 0.334 e. The number of amides is 2. The van der Waals surface area contributed by atoms with Gasteiger partial charge in [0, 0.05) is 12.6 Å². The third-order valence-electron chi connectivity index (χ3n) is 3.17. The predicted molar refractivity (Wildman–Crippen MR) is 65.2 cm³/mol. The summed E-state index contributed by atoms with van der Waals surface area (Å²) >= 11 is 0. The van der Waals surface area contributed by atoms with Crippen molar-refractivity contribution in [1.82, 2.24) is 15.5 Å². The van der Waals surface area contributed by atoms with Gasteiger partial charge in [-0.15, -0.1) is 0 Å². The molecule has 1 fully saturated rings. The summed E-state index contributed by atoms with van der Waals surface area (Å²) in [6.45, 7) is 3.62. The molecule has 1 heterocycles. The number of aliphatic hydroxyl groups excluding tert-OH is 1. The van der Waals surface area contributed by atoms with Crippen molar-refractivity contribution in [3.05, 3.63) is 0 Å². The molecule has 0 radical (unpaired) electrons. The number of aliphatic hydroxyl groups is 1. The van der Waals surface area contributed by atoms with Gasteiger partial charge in [-0.3, -0.25) is 0 Å². The van der Waals surface area contributed by atoms with Crippen LogP contribution in [0.4, 0.5) is 4.79 Å². The van der Waals surface area contributed by atoms with Gasteiger partial charge < -0.3 is 25.7 Å². The van der Waals surface area contributed by atoms with E-state index in [0.29, 0.717) is 5.92 Å². The van der Waals surface area contributed by atoms with Gasteiger partial charge in [-0.05, 0) is 25.9 Å². The van der Waals surface area contributed by atoms with Crippen LogP contribution in [0.2, 0.25) is 0 Å². The van der Waals surface area contributed by atoms with Gasteiger partial charge in [0.15, 0.2) is 6.10 Å². The molecule has 104 valence electrons. The number of carbonyl (C=O) groups is 2. The minimum Gasteiger partial charge on any atom is -0.479 e. The lowest BCUT2D eigenvalue weighted by Gasteiger charge is -2.35. The highest BCUT2D eigenvalue weighted by Gasteiger charge is 2.25. The van der Waals surface area contributed by atoms with E-state index in [1.54, 1.807) is 0 Å². The van der Waals surface area contributed by atoms with Crippen LogP contribution in [0.15, 0.2) is 0 Å². The molecule has 0 saturated carbocycles. The van der Waals surface area contributed by atoms with Gasteiger partial charge in [0.1, 0.15) is 0 Å². The molecule has 0 aromatic heterocycles.